The van der Waals surface area contributed by atoms with E-state index in [0.29, 0.717) is 5.69 Å². The number of nitrogens with zero attached hydrogens (tertiary/aromatic N) is 1. The Balaban J connectivity index is 3.06. The maximum Gasteiger partial charge on any atom is 0.337 e. The zero-order chi connectivity index (χ0) is 8.48. The van der Waals surface area contributed by atoms with Crippen LogP contribution in [-0.2, 0) is 3.93 Å². The summed E-state index contributed by atoms with van der Waals surface area (Å²) in [5.41, 5.74) is 0.428. The van der Waals surface area contributed by atoms with Crippen LogP contribution in [0.5, 0.6) is 0 Å². The quantitative estimate of drug-likeness (QED) is 0.564. The van der Waals surface area contributed by atoms with Crippen molar-refractivity contribution in [2.24, 2.45) is 0 Å². The first kappa shape index (κ1) is 8.83. The van der Waals surface area contributed by atoms with E-state index in [1.807, 2.05) is 0 Å². The van der Waals surface area contributed by atoms with Crippen LogP contribution in [0.4, 0.5) is 8.78 Å². The van der Waals surface area contributed by atoms with Crippen molar-refractivity contribution in [1.29, 1.82) is 0 Å². The molecule has 0 aliphatic carbocycles. The van der Waals surface area contributed by atoms with E-state index in [2.05, 4.69) is 4.98 Å². The van der Waals surface area contributed by atoms with Gasteiger partial charge in [0, 0.05) is 28.3 Å². The van der Waals surface area contributed by atoms with E-state index < -0.39 is 3.93 Å². The van der Waals surface area contributed by atoms with E-state index in [-0.39, 0.29) is 5.69 Å². The molecule has 1 nitrogen and oxygen atoms in total. The van der Waals surface area contributed by atoms with Crippen LogP contribution in [0.2, 0.25) is 0 Å². The number of hydrogen-bond donors (Lipinski definition) is 0. The SMILES string of the molecule is Cc1cccc(C(F)(F)I)n1. The van der Waals surface area contributed by atoms with Gasteiger partial charge in [0.1, 0.15) is 5.69 Å². The Morgan fingerprint density at radius 1 is 1.45 bits per heavy atom. The molecule has 0 saturated carbocycles. The lowest BCUT2D eigenvalue weighted by atomic mass is 10.3. The van der Waals surface area contributed by atoms with E-state index >= 15 is 0 Å². The van der Waals surface area contributed by atoms with Crippen LogP contribution >= 0.6 is 22.6 Å². The van der Waals surface area contributed by atoms with E-state index in [9.17, 15) is 8.78 Å². The van der Waals surface area contributed by atoms with Crippen LogP contribution in [-0.4, -0.2) is 4.98 Å². The fourth-order valence-corrected chi connectivity index (χ4v) is 1.00. The molecule has 1 rings (SSSR count). The Hall–Kier alpha value is -0.260. The molecule has 0 radical (unpaired) electrons. The lowest BCUT2D eigenvalue weighted by Crippen LogP contribution is -2.05. The Morgan fingerprint density at radius 2 is 2.09 bits per heavy atom. The molecule has 11 heavy (non-hydrogen) atoms. The number of alkyl halides is 3. The fraction of sp³-hybridized carbons (Fsp3) is 0.286. The number of aromatic nitrogens is 1. The zero-order valence-electron chi connectivity index (χ0n) is 5.81. The standard InChI is InChI=1S/C7H6F2IN/c1-5-3-2-4-6(11-5)7(8,9)10/h2-4H,1H3. The molecule has 0 aliphatic heterocycles. The van der Waals surface area contributed by atoms with Gasteiger partial charge in [-0.2, -0.15) is 8.78 Å². The minimum Gasteiger partial charge on any atom is -0.251 e. The monoisotopic (exact) mass is 269 g/mol. The van der Waals surface area contributed by atoms with Crippen molar-refractivity contribution >= 4 is 22.6 Å². The Bertz CT molecular complexity index is 257. The Labute approximate surface area is 77.0 Å². The molecule has 1 aromatic heterocycles. The number of pyridine rings is 1. The molecule has 0 saturated heterocycles. The summed E-state index contributed by atoms with van der Waals surface area (Å²) < 4.78 is 22.3. The normalized spacial score (nSPS) is 11.6. The number of hydrogen-bond acceptors (Lipinski definition) is 1. The van der Waals surface area contributed by atoms with Crippen LogP contribution < -0.4 is 0 Å². The van der Waals surface area contributed by atoms with Gasteiger partial charge in [-0.05, 0) is 19.1 Å². The molecular formula is C7H6F2IN. The summed E-state index contributed by atoms with van der Waals surface area (Å²) in [4.78, 5) is 3.69. The smallest absolute Gasteiger partial charge is 0.251 e. The lowest BCUT2D eigenvalue weighted by molar-refractivity contribution is 0.122. The van der Waals surface area contributed by atoms with Crippen molar-refractivity contribution in [2.45, 2.75) is 10.9 Å². The van der Waals surface area contributed by atoms with Crippen LogP contribution in [0.3, 0.4) is 0 Å². The Kier molecular flexibility index (Phi) is 2.41. The average molecular weight is 269 g/mol. The van der Waals surface area contributed by atoms with Crippen molar-refractivity contribution in [3.63, 3.8) is 0 Å². The number of aryl methyl sites for hydroxylation is 1. The van der Waals surface area contributed by atoms with Gasteiger partial charge in [-0.1, -0.05) is 6.07 Å². The van der Waals surface area contributed by atoms with Gasteiger partial charge in [0.2, 0.25) is 0 Å². The number of halogens is 3. The lowest BCUT2D eigenvalue weighted by Gasteiger charge is -2.06. The van der Waals surface area contributed by atoms with Crippen LogP contribution in [0.25, 0.3) is 0 Å². The topological polar surface area (TPSA) is 12.9 Å². The summed E-state index contributed by atoms with van der Waals surface area (Å²) in [6.07, 6.45) is 0. The summed E-state index contributed by atoms with van der Waals surface area (Å²) >= 11 is 1.06. The van der Waals surface area contributed by atoms with Crippen molar-refractivity contribution in [3.05, 3.63) is 29.6 Å². The third-order valence-corrected chi connectivity index (χ3v) is 1.73. The molecule has 4 heteroatoms. The molecule has 0 fully saturated rings. The summed E-state index contributed by atoms with van der Waals surface area (Å²) in [5, 5.41) is 0. The highest BCUT2D eigenvalue weighted by Gasteiger charge is 2.28. The van der Waals surface area contributed by atoms with Gasteiger partial charge in [-0.15, -0.1) is 0 Å². The largest absolute Gasteiger partial charge is 0.337 e. The van der Waals surface area contributed by atoms with E-state index in [1.165, 1.54) is 6.07 Å². The van der Waals surface area contributed by atoms with Crippen molar-refractivity contribution in [1.82, 2.24) is 4.98 Å². The van der Waals surface area contributed by atoms with Gasteiger partial charge >= 0.3 is 3.93 Å². The predicted octanol–water partition coefficient (Wildman–Crippen LogP) is 2.87. The van der Waals surface area contributed by atoms with E-state index in [1.54, 1.807) is 19.1 Å². The highest BCUT2D eigenvalue weighted by atomic mass is 127. The molecule has 60 valence electrons. The van der Waals surface area contributed by atoms with Crippen molar-refractivity contribution in [3.8, 4) is 0 Å². The molecule has 0 aromatic carbocycles. The fourth-order valence-electron chi connectivity index (χ4n) is 0.701. The maximum atomic E-state index is 12.6. The average Bonchev–Trinajstić information content (AvgIpc) is 1.86. The molecule has 0 bridgehead atoms. The second kappa shape index (κ2) is 3.00. The summed E-state index contributed by atoms with van der Waals surface area (Å²) in [6, 6.07) is 4.58. The molecule has 0 unspecified atom stereocenters. The molecule has 0 amide bonds. The molecule has 0 spiro atoms. The second-order valence-electron chi connectivity index (χ2n) is 2.16. The highest BCUT2D eigenvalue weighted by molar-refractivity contribution is 14.1. The van der Waals surface area contributed by atoms with Crippen LogP contribution in [0.15, 0.2) is 18.2 Å². The summed E-state index contributed by atoms with van der Waals surface area (Å²) in [6.45, 7) is 1.69. The van der Waals surface area contributed by atoms with Gasteiger partial charge in [0.05, 0.1) is 0 Å². The highest BCUT2D eigenvalue weighted by Crippen LogP contribution is 2.33. The first-order chi connectivity index (χ1) is 5.00. The summed E-state index contributed by atoms with van der Waals surface area (Å²) in [7, 11) is 0. The Morgan fingerprint density at radius 3 is 2.45 bits per heavy atom. The van der Waals surface area contributed by atoms with Gasteiger partial charge in [0.25, 0.3) is 0 Å². The molecule has 0 aliphatic rings. The van der Waals surface area contributed by atoms with Crippen LogP contribution in [0, 0.1) is 6.92 Å². The minimum atomic E-state index is -2.86. The second-order valence-corrected chi connectivity index (χ2v) is 3.52. The molecule has 1 heterocycles. The minimum absolute atomic E-state index is 0.182. The first-order valence-electron chi connectivity index (χ1n) is 3.01. The van der Waals surface area contributed by atoms with Crippen molar-refractivity contribution < 1.29 is 8.78 Å². The zero-order valence-corrected chi connectivity index (χ0v) is 7.97. The third-order valence-electron chi connectivity index (χ3n) is 1.18. The molecule has 0 N–H and O–H groups in total. The number of rotatable bonds is 1. The molecule has 0 atom stereocenters. The molecule has 1 aromatic rings. The first-order valence-corrected chi connectivity index (χ1v) is 4.09. The van der Waals surface area contributed by atoms with Gasteiger partial charge < -0.3 is 0 Å². The van der Waals surface area contributed by atoms with Gasteiger partial charge in [0.15, 0.2) is 0 Å². The van der Waals surface area contributed by atoms with Crippen LogP contribution in [0.1, 0.15) is 11.4 Å². The van der Waals surface area contributed by atoms with Crippen molar-refractivity contribution in [2.75, 3.05) is 0 Å². The maximum absolute atomic E-state index is 12.6. The van der Waals surface area contributed by atoms with E-state index in [4.69, 9.17) is 0 Å². The summed E-state index contributed by atoms with van der Waals surface area (Å²) in [5.74, 6) is 0. The predicted molar refractivity (Wildman–Crippen MR) is 46.9 cm³/mol. The van der Waals surface area contributed by atoms with Gasteiger partial charge in [-0.25, -0.2) is 0 Å². The van der Waals surface area contributed by atoms with Gasteiger partial charge in [-0.3, -0.25) is 4.98 Å². The molecular weight excluding hydrogens is 263 g/mol. The van der Waals surface area contributed by atoms with E-state index in [0.717, 1.165) is 22.6 Å². The third kappa shape index (κ3) is 2.36.